The fourth-order valence-corrected chi connectivity index (χ4v) is 3.04. The SMILES string of the molecule is C[C@H]1OCCN[C@@H]1C(=O)NCc1ccccc1COCc1ccccc1.Cl. The monoisotopic (exact) mass is 390 g/mol. The predicted molar refractivity (Wildman–Crippen MR) is 108 cm³/mol. The maximum absolute atomic E-state index is 12.4. The Morgan fingerprint density at radius 3 is 2.56 bits per heavy atom. The number of carbonyl (C=O) groups excluding carboxylic acids is 1. The minimum Gasteiger partial charge on any atom is -0.375 e. The van der Waals surface area contributed by atoms with E-state index in [-0.39, 0.29) is 30.5 Å². The standard InChI is InChI=1S/C21H26N2O3.ClH/c1-16-20(22-11-12-26-16)21(24)23-13-18-9-5-6-10-19(18)15-25-14-17-7-3-2-4-8-17;/h2-10,16,20,22H,11-15H2,1H3,(H,23,24);1H/t16-,20+;/m1./s1. The van der Waals surface area contributed by atoms with Crippen LogP contribution in [0.1, 0.15) is 23.6 Å². The lowest BCUT2D eigenvalue weighted by Gasteiger charge is -2.29. The number of benzene rings is 2. The van der Waals surface area contributed by atoms with Crippen molar-refractivity contribution in [2.45, 2.75) is 38.8 Å². The smallest absolute Gasteiger partial charge is 0.240 e. The summed E-state index contributed by atoms with van der Waals surface area (Å²) in [5, 5.41) is 6.22. The zero-order valence-electron chi connectivity index (χ0n) is 15.5. The second-order valence-corrected chi connectivity index (χ2v) is 6.47. The number of amides is 1. The summed E-state index contributed by atoms with van der Waals surface area (Å²) in [4.78, 5) is 12.4. The third kappa shape index (κ3) is 6.33. The number of hydrogen-bond donors (Lipinski definition) is 2. The van der Waals surface area contributed by atoms with Gasteiger partial charge < -0.3 is 20.1 Å². The summed E-state index contributed by atoms with van der Waals surface area (Å²) in [6.07, 6.45) is -0.117. The first-order valence-electron chi connectivity index (χ1n) is 9.05. The predicted octanol–water partition coefficient (Wildman–Crippen LogP) is 2.82. The Labute approximate surface area is 166 Å². The van der Waals surface area contributed by atoms with Crippen molar-refractivity contribution in [1.82, 2.24) is 10.6 Å². The largest absolute Gasteiger partial charge is 0.375 e. The van der Waals surface area contributed by atoms with Crippen molar-refractivity contribution in [3.63, 3.8) is 0 Å². The summed E-state index contributed by atoms with van der Waals surface area (Å²) in [6.45, 7) is 4.83. The van der Waals surface area contributed by atoms with Gasteiger partial charge in [-0.25, -0.2) is 0 Å². The van der Waals surface area contributed by atoms with Crippen LogP contribution >= 0.6 is 12.4 Å². The van der Waals surface area contributed by atoms with Crippen LogP contribution in [0.2, 0.25) is 0 Å². The molecule has 1 amide bonds. The van der Waals surface area contributed by atoms with Crippen molar-refractivity contribution in [3.8, 4) is 0 Å². The maximum Gasteiger partial charge on any atom is 0.240 e. The molecule has 146 valence electrons. The molecule has 6 heteroatoms. The average molecular weight is 391 g/mol. The molecule has 27 heavy (non-hydrogen) atoms. The van der Waals surface area contributed by atoms with Crippen molar-refractivity contribution < 1.29 is 14.3 Å². The van der Waals surface area contributed by atoms with Crippen LogP contribution in [0.15, 0.2) is 54.6 Å². The highest BCUT2D eigenvalue weighted by atomic mass is 35.5. The highest BCUT2D eigenvalue weighted by Crippen LogP contribution is 2.12. The number of halogens is 1. The third-order valence-electron chi connectivity index (χ3n) is 4.54. The first-order chi connectivity index (χ1) is 12.7. The highest BCUT2D eigenvalue weighted by molar-refractivity contribution is 5.85. The van der Waals surface area contributed by atoms with Gasteiger partial charge in [0.05, 0.1) is 25.9 Å². The van der Waals surface area contributed by atoms with Crippen molar-refractivity contribution in [1.29, 1.82) is 0 Å². The van der Waals surface area contributed by atoms with E-state index in [1.165, 1.54) is 0 Å². The summed E-state index contributed by atoms with van der Waals surface area (Å²) < 4.78 is 11.4. The van der Waals surface area contributed by atoms with Gasteiger partial charge in [-0.2, -0.15) is 0 Å². The van der Waals surface area contributed by atoms with Crippen molar-refractivity contribution in [2.24, 2.45) is 0 Å². The van der Waals surface area contributed by atoms with E-state index in [9.17, 15) is 4.79 Å². The molecular formula is C21H27ClN2O3. The van der Waals surface area contributed by atoms with E-state index in [4.69, 9.17) is 9.47 Å². The molecule has 3 rings (SSSR count). The Hall–Kier alpha value is -1.92. The minimum absolute atomic E-state index is 0. The second-order valence-electron chi connectivity index (χ2n) is 6.47. The fraction of sp³-hybridized carbons (Fsp3) is 0.381. The van der Waals surface area contributed by atoms with Crippen molar-refractivity contribution >= 4 is 18.3 Å². The second kappa shape index (κ2) is 11.0. The topological polar surface area (TPSA) is 59.6 Å². The van der Waals surface area contributed by atoms with Gasteiger partial charge in [0.15, 0.2) is 0 Å². The molecule has 2 aromatic rings. The summed E-state index contributed by atoms with van der Waals surface area (Å²) in [5.74, 6) is -0.0304. The fourth-order valence-electron chi connectivity index (χ4n) is 3.04. The van der Waals surface area contributed by atoms with E-state index in [1.54, 1.807) is 0 Å². The van der Waals surface area contributed by atoms with Crippen LogP contribution in [-0.4, -0.2) is 31.2 Å². The lowest BCUT2D eigenvalue weighted by Crippen LogP contribution is -2.55. The molecule has 0 saturated carbocycles. The molecule has 2 N–H and O–H groups in total. The summed E-state index contributed by atoms with van der Waals surface area (Å²) >= 11 is 0. The van der Waals surface area contributed by atoms with Gasteiger partial charge in [0, 0.05) is 13.1 Å². The van der Waals surface area contributed by atoms with Gasteiger partial charge in [-0.1, -0.05) is 54.6 Å². The van der Waals surface area contributed by atoms with Gasteiger partial charge in [0.25, 0.3) is 0 Å². The number of carbonyl (C=O) groups is 1. The number of hydrogen-bond acceptors (Lipinski definition) is 4. The van der Waals surface area contributed by atoms with Crippen molar-refractivity contribution in [2.75, 3.05) is 13.2 Å². The van der Waals surface area contributed by atoms with Gasteiger partial charge in [-0.3, -0.25) is 4.79 Å². The Balaban J connectivity index is 0.00000261. The number of rotatable bonds is 7. The minimum atomic E-state index is -0.301. The molecule has 1 aliphatic rings. The van der Waals surface area contributed by atoms with E-state index in [1.807, 2.05) is 61.5 Å². The number of morpholine rings is 1. The van der Waals surface area contributed by atoms with Crippen LogP contribution in [-0.2, 0) is 34.0 Å². The van der Waals surface area contributed by atoms with E-state index >= 15 is 0 Å². The first-order valence-corrected chi connectivity index (χ1v) is 9.05. The molecule has 0 aromatic heterocycles. The van der Waals surface area contributed by atoms with Gasteiger partial charge >= 0.3 is 0 Å². The molecule has 0 aliphatic carbocycles. The lowest BCUT2D eigenvalue weighted by molar-refractivity contribution is -0.129. The lowest BCUT2D eigenvalue weighted by atomic mass is 10.1. The molecule has 1 heterocycles. The molecule has 5 nitrogen and oxygen atoms in total. The Kier molecular flexibility index (Phi) is 8.75. The van der Waals surface area contributed by atoms with E-state index in [2.05, 4.69) is 10.6 Å². The third-order valence-corrected chi connectivity index (χ3v) is 4.54. The Bertz CT molecular complexity index is 712. The van der Waals surface area contributed by atoms with Gasteiger partial charge in [0.1, 0.15) is 6.04 Å². The van der Waals surface area contributed by atoms with Crippen LogP contribution < -0.4 is 10.6 Å². The van der Waals surface area contributed by atoms with Crippen molar-refractivity contribution in [3.05, 3.63) is 71.3 Å². The van der Waals surface area contributed by atoms with E-state index in [0.717, 1.165) is 16.7 Å². The Morgan fingerprint density at radius 1 is 1.11 bits per heavy atom. The molecule has 0 radical (unpaired) electrons. The zero-order chi connectivity index (χ0) is 18.2. The van der Waals surface area contributed by atoms with Crippen LogP contribution in [0.5, 0.6) is 0 Å². The average Bonchev–Trinajstić information content (AvgIpc) is 2.68. The van der Waals surface area contributed by atoms with Gasteiger partial charge in [0.2, 0.25) is 5.91 Å². The molecule has 1 aliphatic heterocycles. The molecular weight excluding hydrogens is 364 g/mol. The molecule has 0 spiro atoms. The number of nitrogens with one attached hydrogen (secondary N) is 2. The molecule has 0 unspecified atom stereocenters. The highest BCUT2D eigenvalue weighted by Gasteiger charge is 2.27. The molecule has 1 fully saturated rings. The normalized spacial score (nSPS) is 19.1. The van der Waals surface area contributed by atoms with Crippen LogP contribution in [0.3, 0.4) is 0 Å². The summed E-state index contributed by atoms with van der Waals surface area (Å²) in [7, 11) is 0. The summed E-state index contributed by atoms with van der Waals surface area (Å²) in [6, 6.07) is 17.8. The van der Waals surface area contributed by atoms with Gasteiger partial charge in [-0.05, 0) is 23.6 Å². The van der Waals surface area contributed by atoms with E-state index in [0.29, 0.717) is 32.9 Å². The maximum atomic E-state index is 12.4. The van der Waals surface area contributed by atoms with Crippen LogP contribution in [0, 0.1) is 0 Å². The van der Waals surface area contributed by atoms with Gasteiger partial charge in [-0.15, -0.1) is 12.4 Å². The van der Waals surface area contributed by atoms with Crippen LogP contribution in [0.25, 0.3) is 0 Å². The first kappa shape index (κ1) is 21.4. The Morgan fingerprint density at radius 2 is 1.81 bits per heavy atom. The molecule has 2 aromatic carbocycles. The summed E-state index contributed by atoms with van der Waals surface area (Å²) in [5.41, 5.74) is 3.30. The quantitative estimate of drug-likeness (QED) is 0.763. The zero-order valence-corrected chi connectivity index (χ0v) is 16.3. The van der Waals surface area contributed by atoms with E-state index < -0.39 is 0 Å². The molecule has 2 atom stereocenters. The molecule has 1 saturated heterocycles. The van der Waals surface area contributed by atoms with Crippen LogP contribution in [0.4, 0.5) is 0 Å². The molecule has 0 bridgehead atoms. The number of ether oxygens (including phenoxy) is 2.